The van der Waals surface area contributed by atoms with Crippen LogP contribution in [0.25, 0.3) is 11.0 Å². The molecule has 0 aliphatic carbocycles. The second kappa shape index (κ2) is 6.69. The number of nitrogens with zero attached hydrogens (tertiary/aromatic N) is 2. The Kier molecular flexibility index (Phi) is 5.15. The highest BCUT2D eigenvalue weighted by atomic mass is 35.5. The third-order valence-corrected chi connectivity index (χ3v) is 4.36. The number of hydrogen-bond acceptors (Lipinski definition) is 2. The van der Waals surface area contributed by atoms with Crippen molar-refractivity contribution in [3.8, 4) is 5.75 Å². The number of ether oxygens (including phenoxy) is 1. The first-order valence-corrected chi connectivity index (χ1v) is 8.12. The molecule has 0 aliphatic rings. The van der Waals surface area contributed by atoms with Crippen molar-refractivity contribution >= 4 is 22.6 Å². The van der Waals surface area contributed by atoms with E-state index >= 15 is 0 Å². The van der Waals surface area contributed by atoms with Gasteiger partial charge in [0.25, 0.3) is 0 Å². The van der Waals surface area contributed by atoms with Crippen LogP contribution in [0.2, 0.25) is 0 Å². The summed E-state index contributed by atoms with van der Waals surface area (Å²) in [5, 5.41) is -0.124. The van der Waals surface area contributed by atoms with E-state index in [0.29, 0.717) is 12.0 Å². The third-order valence-electron chi connectivity index (χ3n) is 4.17. The van der Waals surface area contributed by atoms with Gasteiger partial charge in [-0.25, -0.2) is 4.98 Å². The fourth-order valence-electron chi connectivity index (χ4n) is 2.87. The predicted octanol–water partition coefficient (Wildman–Crippen LogP) is 5.34. The molecule has 1 aromatic carbocycles. The molecular formula is C17H25ClN2O. The summed E-state index contributed by atoms with van der Waals surface area (Å²) in [7, 11) is 1.68. The average molecular weight is 309 g/mol. The van der Waals surface area contributed by atoms with Crippen LogP contribution in [0.15, 0.2) is 18.2 Å². The van der Waals surface area contributed by atoms with Crippen molar-refractivity contribution in [2.24, 2.45) is 5.92 Å². The second-order valence-electron chi connectivity index (χ2n) is 5.88. The van der Waals surface area contributed by atoms with Crippen LogP contribution in [0.3, 0.4) is 0 Å². The zero-order valence-electron chi connectivity index (χ0n) is 13.6. The van der Waals surface area contributed by atoms with Gasteiger partial charge in [0.15, 0.2) is 0 Å². The molecule has 0 saturated carbocycles. The van der Waals surface area contributed by atoms with E-state index in [1.807, 2.05) is 19.1 Å². The van der Waals surface area contributed by atoms with Gasteiger partial charge in [0.05, 0.1) is 18.0 Å². The number of aromatic nitrogens is 2. The molecule has 0 radical (unpaired) electrons. The van der Waals surface area contributed by atoms with Gasteiger partial charge in [0.2, 0.25) is 0 Å². The molecule has 0 aliphatic heterocycles. The minimum atomic E-state index is -0.124. The highest BCUT2D eigenvalue weighted by Gasteiger charge is 2.21. The number of para-hydroxylation sites is 1. The van der Waals surface area contributed by atoms with E-state index in [-0.39, 0.29) is 5.38 Å². The fourth-order valence-corrected chi connectivity index (χ4v) is 3.03. The molecule has 2 aromatic rings. The Morgan fingerprint density at radius 2 is 2.00 bits per heavy atom. The monoisotopic (exact) mass is 308 g/mol. The molecule has 2 rings (SSSR count). The lowest BCUT2D eigenvalue weighted by Crippen LogP contribution is -2.12. The smallest absolute Gasteiger partial charge is 0.146 e. The van der Waals surface area contributed by atoms with E-state index in [2.05, 4.69) is 31.4 Å². The van der Waals surface area contributed by atoms with Gasteiger partial charge in [-0.15, -0.1) is 11.6 Å². The zero-order valence-corrected chi connectivity index (χ0v) is 14.3. The van der Waals surface area contributed by atoms with Gasteiger partial charge in [-0.05, 0) is 38.3 Å². The van der Waals surface area contributed by atoms with Gasteiger partial charge in [0, 0.05) is 6.04 Å². The van der Waals surface area contributed by atoms with Gasteiger partial charge in [-0.3, -0.25) is 0 Å². The van der Waals surface area contributed by atoms with Crippen molar-refractivity contribution in [3.05, 3.63) is 24.0 Å². The second-order valence-corrected chi connectivity index (χ2v) is 6.54. The quantitative estimate of drug-likeness (QED) is 0.673. The maximum absolute atomic E-state index is 6.37. The third kappa shape index (κ3) is 3.18. The molecule has 0 amide bonds. The number of fused-ring (bicyclic) bond motifs is 1. The highest BCUT2D eigenvalue weighted by Crippen LogP contribution is 2.34. The number of benzene rings is 1. The van der Waals surface area contributed by atoms with Crippen LogP contribution in [0.5, 0.6) is 5.75 Å². The summed E-state index contributed by atoms with van der Waals surface area (Å²) in [5.41, 5.74) is 2.01. The summed E-state index contributed by atoms with van der Waals surface area (Å²) in [6.45, 7) is 8.74. The lowest BCUT2D eigenvalue weighted by Gasteiger charge is -2.21. The van der Waals surface area contributed by atoms with Crippen molar-refractivity contribution in [1.82, 2.24) is 9.55 Å². The molecular weight excluding hydrogens is 284 g/mol. The lowest BCUT2D eigenvalue weighted by atomic mass is 10.00. The van der Waals surface area contributed by atoms with E-state index < -0.39 is 0 Å². The van der Waals surface area contributed by atoms with Crippen LogP contribution >= 0.6 is 11.6 Å². The number of rotatable bonds is 6. The molecule has 3 unspecified atom stereocenters. The SMILES string of the molecule is CCC(C)CC(C)n1c(C(C)Cl)nc2c(OC)cccc21. The Labute approximate surface area is 132 Å². The van der Waals surface area contributed by atoms with Crippen LogP contribution in [0.4, 0.5) is 0 Å². The minimum Gasteiger partial charge on any atom is -0.494 e. The number of hydrogen-bond donors (Lipinski definition) is 0. The van der Waals surface area contributed by atoms with Gasteiger partial charge in [0.1, 0.15) is 17.1 Å². The fraction of sp³-hybridized carbons (Fsp3) is 0.588. The van der Waals surface area contributed by atoms with E-state index in [4.69, 9.17) is 21.3 Å². The Bertz CT molecular complexity index is 606. The summed E-state index contributed by atoms with van der Waals surface area (Å²) in [4.78, 5) is 4.74. The number of alkyl halides is 1. The zero-order chi connectivity index (χ0) is 15.6. The molecule has 0 N–H and O–H groups in total. The molecule has 3 nitrogen and oxygen atoms in total. The van der Waals surface area contributed by atoms with Crippen LogP contribution < -0.4 is 4.74 Å². The largest absolute Gasteiger partial charge is 0.494 e. The van der Waals surface area contributed by atoms with E-state index in [9.17, 15) is 0 Å². The first-order chi connectivity index (χ1) is 9.99. The van der Waals surface area contributed by atoms with Crippen LogP contribution in [0.1, 0.15) is 57.8 Å². The molecule has 0 spiro atoms. The van der Waals surface area contributed by atoms with E-state index in [1.54, 1.807) is 7.11 Å². The maximum atomic E-state index is 6.37. The van der Waals surface area contributed by atoms with Crippen molar-refractivity contribution < 1.29 is 4.74 Å². The minimum absolute atomic E-state index is 0.124. The number of imidazole rings is 1. The first kappa shape index (κ1) is 16.2. The average Bonchev–Trinajstić information content (AvgIpc) is 2.86. The molecule has 0 saturated heterocycles. The van der Waals surface area contributed by atoms with Gasteiger partial charge in [-0.2, -0.15) is 0 Å². The molecule has 0 fully saturated rings. The summed E-state index contributed by atoms with van der Waals surface area (Å²) in [6.07, 6.45) is 2.31. The summed E-state index contributed by atoms with van der Waals surface area (Å²) in [6, 6.07) is 6.42. The Balaban J connectivity index is 2.56. The molecule has 4 heteroatoms. The summed E-state index contributed by atoms with van der Waals surface area (Å²) < 4.78 is 7.72. The van der Waals surface area contributed by atoms with Gasteiger partial charge >= 0.3 is 0 Å². The standard InChI is InChI=1S/C17H25ClN2O/c1-6-11(2)10-12(3)20-14-8-7-9-15(21-5)16(14)19-17(20)13(4)18/h7-9,11-13H,6,10H2,1-5H3. The van der Waals surface area contributed by atoms with E-state index in [0.717, 1.165) is 29.0 Å². The van der Waals surface area contributed by atoms with Crippen molar-refractivity contribution in [1.29, 1.82) is 0 Å². The number of halogens is 1. The summed E-state index contributed by atoms with van der Waals surface area (Å²) >= 11 is 6.37. The Hall–Kier alpha value is -1.22. The molecule has 116 valence electrons. The molecule has 1 aromatic heterocycles. The Morgan fingerprint density at radius 3 is 2.57 bits per heavy atom. The van der Waals surface area contributed by atoms with Crippen molar-refractivity contribution in [2.75, 3.05) is 7.11 Å². The normalized spacial score (nSPS) is 15.9. The van der Waals surface area contributed by atoms with Crippen LogP contribution in [0, 0.1) is 5.92 Å². The van der Waals surface area contributed by atoms with Crippen LogP contribution in [-0.4, -0.2) is 16.7 Å². The molecule has 0 bridgehead atoms. The topological polar surface area (TPSA) is 27.1 Å². The van der Waals surface area contributed by atoms with E-state index in [1.165, 1.54) is 6.42 Å². The molecule has 21 heavy (non-hydrogen) atoms. The first-order valence-electron chi connectivity index (χ1n) is 7.68. The van der Waals surface area contributed by atoms with Gasteiger partial charge in [-0.1, -0.05) is 26.3 Å². The summed E-state index contributed by atoms with van der Waals surface area (Å²) in [5.74, 6) is 2.41. The van der Waals surface area contributed by atoms with Crippen LogP contribution in [-0.2, 0) is 0 Å². The molecule has 3 atom stereocenters. The maximum Gasteiger partial charge on any atom is 0.146 e. The Morgan fingerprint density at radius 1 is 1.29 bits per heavy atom. The lowest BCUT2D eigenvalue weighted by molar-refractivity contribution is 0.397. The van der Waals surface area contributed by atoms with Crippen molar-refractivity contribution in [3.63, 3.8) is 0 Å². The van der Waals surface area contributed by atoms with Crippen molar-refractivity contribution in [2.45, 2.75) is 52.0 Å². The number of methoxy groups -OCH3 is 1. The highest BCUT2D eigenvalue weighted by molar-refractivity contribution is 6.20. The van der Waals surface area contributed by atoms with Gasteiger partial charge < -0.3 is 9.30 Å². The predicted molar refractivity (Wildman–Crippen MR) is 89.3 cm³/mol. The molecule has 1 heterocycles.